The summed E-state index contributed by atoms with van der Waals surface area (Å²) in [5.74, 6) is -2.12. The maximum absolute atomic E-state index is 13.6. The predicted molar refractivity (Wildman–Crippen MR) is 94.6 cm³/mol. The van der Waals surface area contributed by atoms with E-state index >= 15 is 0 Å². The summed E-state index contributed by atoms with van der Waals surface area (Å²) in [6.07, 6.45) is -2.87. The number of alkyl halides is 3. The number of thiazole rings is 1. The van der Waals surface area contributed by atoms with Crippen LogP contribution >= 0.6 is 34.4 Å². The van der Waals surface area contributed by atoms with Crippen LogP contribution in [0, 0.1) is 5.82 Å². The Bertz CT molecular complexity index is 978. The number of carboxylic acid groups (broad SMARTS) is 1. The highest BCUT2D eigenvalue weighted by molar-refractivity contribution is 8.00. The number of benzene rings is 1. The molecule has 0 bridgehead atoms. The minimum Gasteiger partial charge on any atom is -0.477 e. The summed E-state index contributed by atoms with van der Waals surface area (Å²) in [5.41, 5.74) is -0.565. The van der Waals surface area contributed by atoms with E-state index in [2.05, 4.69) is 4.98 Å². The highest BCUT2D eigenvalue weighted by Gasteiger charge is 2.31. The van der Waals surface area contributed by atoms with Gasteiger partial charge in [-0.05, 0) is 30.5 Å². The van der Waals surface area contributed by atoms with Gasteiger partial charge in [0.05, 0.1) is 15.5 Å². The van der Waals surface area contributed by atoms with Crippen LogP contribution in [0.15, 0.2) is 33.9 Å². The van der Waals surface area contributed by atoms with E-state index in [4.69, 9.17) is 0 Å². The number of carboxylic acids is 1. The van der Waals surface area contributed by atoms with Crippen molar-refractivity contribution in [1.82, 2.24) is 4.98 Å². The van der Waals surface area contributed by atoms with Crippen LogP contribution in [0.1, 0.15) is 15.2 Å². The number of carbonyl (C=O) groups is 1. The Morgan fingerprint density at radius 2 is 1.96 bits per heavy atom. The zero-order chi connectivity index (χ0) is 19.1. The molecule has 3 rings (SSSR count). The molecule has 0 atom stereocenters. The second-order valence-corrected chi connectivity index (χ2v) is 8.10. The van der Waals surface area contributed by atoms with Crippen LogP contribution in [0.4, 0.5) is 17.6 Å². The van der Waals surface area contributed by atoms with E-state index in [9.17, 15) is 27.5 Å². The average Bonchev–Trinajstić information content (AvgIpc) is 3.20. The fraction of sp³-hybridized carbons (Fsp3) is 0.125. The van der Waals surface area contributed by atoms with Gasteiger partial charge in [-0.1, -0.05) is 0 Å². The van der Waals surface area contributed by atoms with Crippen molar-refractivity contribution in [3.8, 4) is 21.8 Å². The van der Waals surface area contributed by atoms with Gasteiger partial charge in [0, 0.05) is 16.5 Å². The second-order valence-electron chi connectivity index (χ2n) is 5.08. The van der Waals surface area contributed by atoms with E-state index in [0.717, 1.165) is 39.0 Å². The van der Waals surface area contributed by atoms with Crippen LogP contribution in [0.25, 0.3) is 21.8 Å². The monoisotopic (exact) mass is 419 g/mol. The van der Waals surface area contributed by atoms with E-state index < -0.39 is 23.5 Å². The molecule has 0 amide bonds. The number of hydrogen-bond acceptors (Lipinski definition) is 5. The number of thiophene rings is 1. The molecule has 0 saturated heterocycles. The van der Waals surface area contributed by atoms with Gasteiger partial charge >= 0.3 is 12.1 Å². The Kier molecular flexibility index (Phi) is 5.09. The predicted octanol–water partition coefficient (Wildman–Crippen LogP) is 6.12. The van der Waals surface area contributed by atoms with Gasteiger partial charge in [0.15, 0.2) is 0 Å². The van der Waals surface area contributed by atoms with Gasteiger partial charge in [0.25, 0.3) is 0 Å². The summed E-state index contributed by atoms with van der Waals surface area (Å²) < 4.78 is 53.0. The number of hydrogen-bond donors (Lipinski definition) is 1. The maximum Gasteiger partial charge on any atom is 0.416 e. The van der Waals surface area contributed by atoms with Crippen molar-refractivity contribution in [2.45, 2.75) is 10.4 Å². The van der Waals surface area contributed by atoms with Crippen molar-refractivity contribution in [1.29, 1.82) is 0 Å². The standard InChI is InChI=1S/C16H9F4NO2S3/c1-24-12-5-10(13(26-12)15(22)23)14-21-11(6-25-14)7-2-8(16(18,19)20)4-9(17)3-7/h2-6H,1H3,(H,22,23). The lowest BCUT2D eigenvalue weighted by Gasteiger charge is -2.08. The zero-order valence-corrected chi connectivity index (χ0v) is 15.4. The maximum atomic E-state index is 13.6. The third-order valence-corrected chi connectivity index (χ3v) is 6.42. The molecule has 3 nitrogen and oxygen atoms in total. The minimum atomic E-state index is -4.67. The lowest BCUT2D eigenvalue weighted by atomic mass is 10.1. The number of thioether (sulfide) groups is 1. The molecule has 2 aromatic heterocycles. The van der Waals surface area contributed by atoms with Crippen LogP contribution in [0.5, 0.6) is 0 Å². The second kappa shape index (κ2) is 7.01. The van der Waals surface area contributed by atoms with Crippen molar-refractivity contribution in [3.63, 3.8) is 0 Å². The Hall–Kier alpha value is -1.91. The lowest BCUT2D eigenvalue weighted by Crippen LogP contribution is -2.05. The molecule has 0 spiro atoms. The van der Waals surface area contributed by atoms with Gasteiger partial charge in [-0.25, -0.2) is 14.2 Å². The van der Waals surface area contributed by atoms with E-state index in [1.807, 2.05) is 0 Å². The number of aromatic nitrogens is 1. The van der Waals surface area contributed by atoms with Gasteiger partial charge in [-0.15, -0.1) is 34.4 Å². The topological polar surface area (TPSA) is 50.2 Å². The number of halogens is 4. The van der Waals surface area contributed by atoms with Crippen LogP contribution in [0.2, 0.25) is 0 Å². The minimum absolute atomic E-state index is 0.0166. The van der Waals surface area contributed by atoms with Crippen molar-refractivity contribution in [2.24, 2.45) is 0 Å². The summed E-state index contributed by atoms with van der Waals surface area (Å²) >= 11 is 3.57. The Morgan fingerprint density at radius 3 is 2.58 bits per heavy atom. The van der Waals surface area contributed by atoms with Crippen LogP contribution in [-0.4, -0.2) is 22.3 Å². The van der Waals surface area contributed by atoms with E-state index in [1.165, 1.54) is 17.1 Å². The summed E-state index contributed by atoms with van der Waals surface area (Å²) in [6.45, 7) is 0. The number of aromatic carboxylic acids is 1. The van der Waals surface area contributed by atoms with Gasteiger partial charge in [-0.3, -0.25) is 0 Å². The highest BCUT2D eigenvalue weighted by Crippen LogP contribution is 2.39. The first-order valence-electron chi connectivity index (χ1n) is 6.94. The number of rotatable bonds is 4. The van der Waals surface area contributed by atoms with Crippen molar-refractivity contribution in [2.75, 3.05) is 6.26 Å². The SMILES string of the molecule is CSc1cc(-c2nc(-c3cc(F)cc(C(F)(F)F)c3)cs2)c(C(=O)O)s1. The molecule has 0 aliphatic heterocycles. The normalized spacial score (nSPS) is 11.7. The quantitative estimate of drug-likeness (QED) is 0.409. The summed E-state index contributed by atoms with van der Waals surface area (Å²) in [5, 5.41) is 11.2. The van der Waals surface area contributed by atoms with Gasteiger partial charge in [-0.2, -0.15) is 13.2 Å². The molecule has 0 fully saturated rings. The van der Waals surface area contributed by atoms with E-state index in [1.54, 1.807) is 12.3 Å². The average molecular weight is 419 g/mol. The molecule has 26 heavy (non-hydrogen) atoms. The largest absolute Gasteiger partial charge is 0.477 e. The van der Waals surface area contributed by atoms with E-state index in [0.29, 0.717) is 16.6 Å². The molecule has 136 valence electrons. The summed E-state index contributed by atoms with van der Waals surface area (Å²) in [7, 11) is 0. The Balaban J connectivity index is 2.06. The van der Waals surface area contributed by atoms with Gasteiger partial charge in [0.1, 0.15) is 15.7 Å². The molecule has 0 radical (unpaired) electrons. The molecule has 3 aromatic rings. The van der Waals surface area contributed by atoms with Crippen molar-refractivity contribution in [3.05, 3.63) is 45.9 Å². The smallest absolute Gasteiger partial charge is 0.416 e. The highest BCUT2D eigenvalue weighted by atomic mass is 32.2. The van der Waals surface area contributed by atoms with Gasteiger partial charge < -0.3 is 5.11 Å². The van der Waals surface area contributed by atoms with Gasteiger partial charge in [0.2, 0.25) is 0 Å². The van der Waals surface area contributed by atoms with Crippen molar-refractivity contribution < 1.29 is 27.5 Å². The van der Waals surface area contributed by atoms with Crippen LogP contribution in [-0.2, 0) is 6.18 Å². The first kappa shape index (κ1) is 18.9. The third-order valence-electron chi connectivity index (χ3n) is 3.36. The van der Waals surface area contributed by atoms with E-state index in [-0.39, 0.29) is 16.1 Å². The first-order chi connectivity index (χ1) is 12.2. The van der Waals surface area contributed by atoms with Crippen molar-refractivity contribution >= 4 is 40.4 Å². The molecule has 0 unspecified atom stereocenters. The first-order valence-corrected chi connectivity index (χ1v) is 9.86. The zero-order valence-electron chi connectivity index (χ0n) is 12.9. The number of nitrogens with zero attached hydrogens (tertiary/aromatic N) is 1. The fourth-order valence-corrected chi connectivity index (χ4v) is 4.68. The Morgan fingerprint density at radius 1 is 1.23 bits per heavy atom. The third kappa shape index (κ3) is 3.76. The molecule has 2 heterocycles. The molecule has 10 heteroatoms. The summed E-state index contributed by atoms with van der Waals surface area (Å²) in [6, 6.07) is 3.88. The molecule has 0 saturated carbocycles. The molecule has 1 N–H and O–H groups in total. The summed E-state index contributed by atoms with van der Waals surface area (Å²) in [4.78, 5) is 15.7. The Labute approximate surface area is 157 Å². The fourth-order valence-electron chi connectivity index (χ4n) is 2.22. The molecular weight excluding hydrogens is 410 g/mol. The lowest BCUT2D eigenvalue weighted by molar-refractivity contribution is -0.137. The van der Waals surface area contributed by atoms with Crippen LogP contribution < -0.4 is 0 Å². The van der Waals surface area contributed by atoms with Crippen LogP contribution in [0.3, 0.4) is 0 Å². The molecule has 0 aliphatic rings. The molecule has 0 aliphatic carbocycles. The molecular formula is C16H9F4NO2S3. The molecule has 1 aromatic carbocycles.